The van der Waals surface area contributed by atoms with Gasteiger partial charge < -0.3 is 10.1 Å². The van der Waals surface area contributed by atoms with Gasteiger partial charge in [0, 0.05) is 18.7 Å². The first kappa shape index (κ1) is 11.5. The molecule has 0 saturated carbocycles. The Morgan fingerprint density at radius 2 is 2.06 bits per heavy atom. The van der Waals surface area contributed by atoms with E-state index in [1.54, 1.807) is 0 Å². The zero-order valence-corrected chi connectivity index (χ0v) is 10.6. The molecule has 2 rings (SSSR count). The van der Waals surface area contributed by atoms with Gasteiger partial charge in [0.15, 0.2) is 0 Å². The van der Waals surface area contributed by atoms with Crippen LogP contribution in [0.5, 0.6) is 5.75 Å². The van der Waals surface area contributed by atoms with Crippen LogP contribution in [0.3, 0.4) is 0 Å². The Morgan fingerprint density at radius 3 is 2.75 bits per heavy atom. The first-order chi connectivity index (χ1) is 7.48. The van der Waals surface area contributed by atoms with E-state index in [0.717, 1.165) is 18.8 Å². The molecule has 0 aliphatic carbocycles. The van der Waals surface area contributed by atoms with Crippen LogP contribution in [0.4, 0.5) is 0 Å². The monoisotopic (exact) mass is 219 g/mol. The average Bonchev–Trinajstić information content (AvgIpc) is 2.35. The van der Waals surface area contributed by atoms with Gasteiger partial charge in [-0.15, -0.1) is 0 Å². The van der Waals surface area contributed by atoms with Crippen molar-refractivity contribution in [3.63, 3.8) is 0 Å². The fraction of sp³-hybridized carbons (Fsp3) is 0.571. The Balaban J connectivity index is 2.47. The van der Waals surface area contributed by atoms with Crippen molar-refractivity contribution in [3.05, 3.63) is 29.3 Å². The van der Waals surface area contributed by atoms with Gasteiger partial charge in [0.05, 0.1) is 0 Å². The number of benzene rings is 1. The normalized spacial score (nSPS) is 20.9. The van der Waals surface area contributed by atoms with E-state index < -0.39 is 0 Å². The van der Waals surface area contributed by atoms with Crippen LogP contribution in [-0.2, 0) is 12.0 Å². The van der Waals surface area contributed by atoms with Crippen LogP contribution in [0.15, 0.2) is 18.2 Å². The molecule has 0 aromatic heterocycles. The highest BCUT2D eigenvalue weighted by Gasteiger charge is 2.22. The lowest BCUT2D eigenvalue weighted by Crippen LogP contribution is -2.25. The summed E-state index contributed by atoms with van der Waals surface area (Å²) in [6.07, 6.45) is 0.247. The zero-order chi connectivity index (χ0) is 11.8. The van der Waals surface area contributed by atoms with E-state index in [9.17, 15) is 0 Å². The van der Waals surface area contributed by atoms with Gasteiger partial charge in [-0.25, -0.2) is 0 Å². The highest BCUT2D eigenvalue weighted by atomic mass is 16.5. The van der Waals surface area contributed by atoms with Crippen LogP contribution in [0, 0.1) is 0 Å². The third-order valence-electron chi connectivity index (χ3n) is 3.00. The second-order valence-electron chi connectivity index (χ2n) is 5.59. The largest absolute Gasteiger partial charge is 0.489 e. The van der Waals surface area contributed by atoms with Gasteiger partial charge in [-0.1, -0.05) is 32.9 Å². The summed E-state index contributed by atoms with van der Waals surface area (Å²) < 4.78 is 5.93. The molecule has 0 unspecified atom stereocenters. The minimum absolute atomic E-state index is 0.171. The van der Waals surface area contributed by atoms with Crippen molar-refractivity contribution in [2.24, 2.45) is 0 Å². The fourth-order valence-corrected chi connectivity index (χ4v) is 2.22. The van der Waals surface area contributed by atoms with Gasteiger partial charge in [0.2, 0.25) is 0 Å². The van der Waals surface area contributed by atoms with Gasteiger partial charge >= 0.3 is 0 Å². The summed E-state index contributed by atoms with van der Waals surface area (Å²) in [5.41, 5.74) is 2.87. The Morgan fingerprint density at radius 1 is 1.31 bits per heavy atom. The van der Waals surface area contributed by atoms with Crippen LogP contribution < -0.4 is 10.1 Å². The summed E-state index contributed by atoms with van der Waals surface area (Å²) in [5, 5.41) is 3.44. The minimum Gasteiger partial charge on any atom is -0.489 e. The molecule has 0 bridgehead atoms. The minimum atomic E-state index is 0.171. The maximum atomic E-state index is 5.93. The van der Waals surface area contributed by atoms with Gasteiger partial charge in [-0.05, 0) is 24.0 Å². The Bertz CT molecular complexity index is 379. The number of nitrogens with one attached hydrogen (secondary N) is 1. The Labute approximate surface area is 98.0 Å². The fourth-order valence-electron chi connectivity index (χ4n) is 2.22. The lowest BCUT2D eigenvalue weighted by atomic mass is 9.83. The second kappa shape index (κ2) is 4.10. The van der Waals surface area contributed by atoms with Crippen molar-refractivity contribution < 1.29 is 4.74 Å². The summed E-state index contributed by atoms with van der Waals surface area (Å²) in [6, 6.07) is 6.38. The van der Waals surface area contributed by atoms with E-state index in [1.807, 2.05) is 0 Å². The molecule has 0 fully saturated rings. The summed E-state index contributed by atoms with van der Waals surface area (Å²) in [5.74, 6) is 1.05. The molecule has 1 aliphatic rings. The summed E-state index contributed by atoms with van der Waals surface area (Å²) in [6.45, 7) is 10.7. The third-order valence-corrected chi connectivity index (χ3v) is 3.00. The van der Waals surface area contributed by atoms with Crippen LogP contribution in [0.25, 0.3) is 0 Å². The molecule has 0 saturated heterocycles. The molecule has 0 radical (unpaired) electrons. The van der Waals surface area contributed by atoms with E-state index in [-0.39, 0.29) is 11.5 Å². The second-order valence-corrected chi connectivity index (χ2v) is 5.59. The first-order valence-corrected chi connectivity index (χ1v) is 5.98. The van der Waals surface area contributed by atoms with Gasteiger partial charge in [-0.3, -0.25) is 0 Å². The molecule has 88 valence electrons. The van der Waals surface area contributed by atoms with Crippen molar-refractivity contribution in [1.82, 2.24) is 5.32 Å². The van der Waals surface area contributed by atoms with Crippen LogP contribution >= 0.6 is 0 Å². The van der Waals surface area contributed by atoms with Gasteiger partial charge in [0.25, 0.3) is 0 Å². The molecule has 0 amide bonds. The Hall–Kier alpha value is -1.02. The standard InChI is InChI=1S/C14H21NO/c1-10-8-15-9-11-12(14(2,3)4)6-5-7-13(11)16-10/h5-7,10,15H,8-9H2,1-4H3/t10-/m1/s1. The zero-order valence-electron chi connectivity index (χ0n) is 10.6. The maximum Gasteiger partial charge on any atom is 0.124 e. The number of rotatable bonds is 0. The highest BCUT2D eigenvalue weighted by Crippen LogP contribution is 2.33. The molecule has 16 heavy (non-hydrogen) atoms. The summed E-state index contributed by atoms with van der Waals surface area (Å²) in [7, 11) is 0. The maximum absolute atomic E-state index is 5.93. The van der Waals surface area contributed by atoms with Crippen molar-refractivity contribution >= 4 is 0 Å². The van der Waals surface area contributed by atoms with E-state index in [0.29, 0.717) is 0 Å². The number of hydrogen-bond donors (Lipinski definition) is 1. The van der Waals surface area contributed by atoms with Crippen molar-refractivity contribution in [2.75, 3.05) is 6.54 Å². The predicted octanol–water partition coefficient (Wildman–Crippen LogP) is 2.85. The molecule has 1 N–H and O–H groups in total. The van der Waals surface area contributed by atoms with E-state index >= 15 is 0 Å². The van der Waals surface area contributed by atoms with Crippen LogP contribution in [0.1, 0.15) is 38.8 Å². The number of ether oxygens (including phenoxy) is 1. The molecule has 1 aromatic rings. The lowest BCUT2D eigenvalue weighted by Gasteiger charge is -2.24. The van der Waals surface area contributed by atoms with Crippen molar-refractivity contribution in [3.8, 4) is 5.75 Å². The van der Waals surface area contributed by atoms with Gasteiger partial charge in [-0.2, -0.15) is 0 Å². The SMILES string of the molecule is C[C@@H]1CNCc2c(cccc2C(C)(C)C)O1. The molecular formula is C14H21NO. The van der Waals surface area contributed by atoms with E-state index in [4.69, 9.17) is 4.74 Å². The molecule has 0 spiro atoms. The van der Waals surface area contributed by atoms with Gasteiger partial charge in [0.1, 0.15) is 11.9 Å². The molecule has 1 atom stereocenters. The molecule has 1 aliphatic heterocycles. The molecule has 2 heteroatoms. The van der Waals surface area contributed by atoms with Crippen molar-refractivity contribution in [2.45, 2.75) is 45.8 Å². The number of hydrogen-bond acceptors (Lipinski definition) is 2. The van der Waals surface area contributed by atoms with Crippen LogP contribution in [0.2, 0.25) is 0 Å². The van der Waals surface area contributed by atoms with Crippen molar-refractivity contribution in [1.29, 1.82) is 0 Å². The highest BCUT2D eigenvalue weighted by molar-refractivity contribution is 5.44. The Kier molecular flexibility index (Phi) is 2.94. The smallest absolute Gasteiger partial charge is 0.124 e. The predicted molar refractivity (Wildman–Crippen MR) is 66.9 cm³/mol. The first-order valence-electron chi connectivity index (χ1n) is 5.98. The molecule has 2 nitrogen and oxygen atoms in total. The molecule has 1 heterocycles. The molecular weight excluding hydrogens is 198 g/mol. The summed E-state index contributed by atoms with van der Waals surface area (Å²) in [4.78, 5) is 0. The topological polar surface area (TPSA) is 21.3 Å². The quantitative estimate of drug-likeness (QED) is 0.724. The number of fused-ring (bicyclic) bond motifs is 1. The van der Waals surface area contributed by atoms with E-state index in [2.05, 4.69) is 51.2 Å². The summed E-state index contributed by atoms with van der Waals surface area (Å²) >= 11 is 0. The van der Waals surface area contributed by atoms with E-state index in [1.165, 1.54) is 11.1 Å². The molecule has 1 aromatic carbocycles. The average molecular weight is 219 g/mol. The van der Waals surface area contributed by atoms with Crippen LogP contribution in [-0.4, -0.2) is 12.6 Å². The lowest BCUT2D eigenvalue weighted by molar-refractivity contribution is 0.226. The third kappa shape index (κ3) is 2.22.